The second kappa shape index (κ2) is 12.2. The fraction of sp³-hybridized carbons (Fsp3) is 0.500. The van der Waals surface area contributed by atoms with E-state index in [4.69, 9.17) is 5.73 Å². The number of nitrogens with one attached hydrogen (secondary N) is 4. The predicted molar refractivity (Wildman–Crippen MR) is 129 cm³/mol. The molecule has 10 nitrogen and oxygen atoms in total. The molecule has 7 N–H and O–H groups in total. The number of benzene rings is 1. The summed E-state index contributed by atoms with van der Waals surface area (Å²) in [6.45, 7) is 6.89. The zero-order valence-corrected chi connectivity index (χ0v) is 20.1. The van der Waals surface area contributed by atoms with Crippen LogP contribution in [0.4, 0.5) is 0 Å². The van der Waals surface area contributed by atoms with Crippen LogP contribution in [0, 0.1) is 11.8 Å². The summed E-state index contributed by atoms with van der Waals surface area (Å²) in [5.74, 6) is -2.95. The van der Waals surface area contributed by atoms with Crippen LogP contribution in [0.15, 0.2) is 30.5 Å². The Morgan fingerprint density at radius 3 is 2.32 bits per heavy atom. The smallest absolute Gasteiger partial charge is 0.326 e. The highest BCUT2D eigenvalue weighted by Gasteiger charge is 2.29. The lowest BCUT2D eigenvalue weighted by Crippen LogP contribution is -2.55. The number of nitrogens with two attached hydrogens (primary N) is 1. The van der Waals surface area contributed by atoms with Crippen LogP contribution in [0.5, 0.6) is 0 Å². The number of aliphatic carboxylic acids is 1. The number of carbonyl (C=O) groups is 4. The summed E-state index contributed by atoms with van der Waals surface area (Å²) in [5.41, 5.74) is 7.50. The zero-order valence-electron chi connectivity index (χ0n) is 20.1. The molecule has 0 radical (unpaired) electrons. The first-order valence-electron chi connectivity index (χ1n) is 11.4. The molecule has 0 aliphatic heterocycles. The van der Waals surface area contributed by atoms with Gasteiger partial charge in [-0.25, -0.2) is 4.79 Å². The van der Waals surface area contributed by atoms with Gasteiger partial charge in [0.2, 0.25) is 17.7 Å². The average molecular weight is 474 g/mol. The summed E-state index contributed by atoms with van der Waals surface area (Å²) in [4.78, 5) is 52.4. The number of carboxylic acid groups (broad SMARTS) is 1. The predicted octanol–water partition coefficient (Wildman–Crippen LogP) is 0.910. The van der Waals surface area contributed by atoms with Crippen LogP contribution < -0.4 is 21.7 Å². The molecule has 0 fully saturated rings. The Morgan fingerprint density at radius 1 is 1.03 bits per heavy atom. The molecule has 1 heterocycles. The minimum Gasteiger partial charge on any atom is -0.480 e. The number of hydrogen-bond acceptors (Lipinski definition) is 5. The first-order chi connectivity index (χ1) is 16.0. The fourth-order valence-electron chi connectivity index (χ4n) is 3.66. The number of para-hydroxylation sites is 1. The van der Waals surface area contributed by atoms with Crippen LogP contribution in [0.25, 0.3) is 10.9 Å². The monoisotopic (exact) mass is 473 g/mol. The van der Waals surface area contributed by atoms with Crippen LogP contribution in [-0.2, 0) is 25.6 Å². The SMILES string of the molecule is CC(C)CC(N)C(=O)NCC(=O)NC(Cc1c[nH]c2ccccc12)C(=O)NC(C(=O)O)C(C)C. The van der Waals surface area contributed by atoms with Crippen molar-refractivity contribution in [2.75, 3.05) is 6.54 Å². The van der Waals surface area contributed by atoms with Crippen molar-refractivity contribution in [3.8, 4) is 0 Å². The van der Waals surface area contributed by atoms with E-state index in [0.717, 1.165) is 16.5 Å². The van der Waals surface area contributed by atoms with Crippen LogP contribution in [-0.4, -0.2) is 58.5 Å². The van der Waals surface area contributed by atoms with Gasteiger partial charge in [0.25, 0.3) is 0 Å². The van der Waals surface area contributed by atoms with Gasteiger partial charge in [-0.1, -0.05) is 45.9 Å². The van der Waals surface area contributed by atoms with E-state index in [0.29, 0.717) is 6.42 Å². The van der Waals surface area contributed by atoms with E-state index in [1.807, 2.05) is 38.1 Å². The molecule has 10 heteroatoms. The van der Waals surface area contributed by atoms with Crippen LogP contribution in [0.2, 0.25) is 0 Å². The Kier molecular flexibility index (Phi) is 9.61. The molecule has 0 saturated heterocycles. The molecule has 3 atom stereocenters. The van der Waals surface area contributed by atoms with Gasteiger partial charge in [-0.2, -0.15) is 0 Å². The zero-order chi connectivity index (χ0) is 25.4. The van der Waals surface area contributed by atoms with Crippen LogP contribution in [0.1, 0.15) is 39.7 Å². The molecule has 2 rings (SSSR count). The summed E-state index contributed by atoms with van der Waals surface area (Å²) in [7, 11) is 0. The average Bonchev–Trinajstić information content (AvgIpc) is 3.17. The van der Waals surface area contributed by atoms with E-state index in [1.165, 1.54) is 0 Å². The lowest BCUT2D eigenvalue weighted by Gasteiger charge is -2.23. The van der Waals surface area contributed by atoms with Crippen LogP contribution in [0.3, 0.4) is 0 Å². The Labute approximate surface area is 199 Å². The molecular formula is C24H35N5O5. The maximum absolute atomic E-state index is 13.0. The van der Waals surface area contributed by atoms with Crippen molar-refractivity contribution >= 4 is 34.6 Å². The van der Waals surface area contributed by atoms with Gasteiger partial charge in [-0.05, 0) is 29.9 Å². The van der Waals surface area contributed by atoms with Gasteiger partial charge in [0, 0.05) is 23.5 Å². The van der Waals surface area contributed by atoms with Gasteiger partial charge in [-0.3, -0.25) is 14.4 Å². The Bertz CT molecular complexity index is 1020. The number of fused-ring (bicyclic) bond motifs is 1. The van der Waals surface area contributed by atoms with Gasteiger partial charge in [0.1, 0.15) is 12.1 Å². The molecule has 0 bridgehead atoms. The second-order valence-corrected chi connectivity index (χ2v) is 9.21. The molecule has 0 saturated carbocycles. The topological polar surface area (TPSA) is 166 Å². The maximum atomic E-state index is 13.0. The van der Waals surface area contributed by atoms with Crippen molar-refractivity contribution in [3.05, 3.63) is 36.0 Å². The molecule has 2 aromatic rings. The van der Waals surface area contributed by atoms with Crippen molar-refractivity contribution in [1.29, 1.82) is 0 Å². The summed E-state index contributed by atoms with van der Waals surface area (Å²) in [6.07, 6.45) is 2.36. The highest BCUT2D eigenvalue weighted by molar-refractivity contribution is 5.93. The summed E-state index contributed by atoms with van der Waals surface area (Å²) in [5, 5.41) is 18.0. The number of aromatic nitrogens is 1. The van der Waals surface area contributed by atoms with Crippen molar-refractivity contribution in [3.63, 3.8) is 0 Å². The summed E-state index contributed by atoms with van der Waals surface area (Å²) < 4.78 is 0. The van der Waals surface area contributed by atoms with E-state index >= 15 is 0 Å². The van der Waals surface area contributed by atoms with E-state index in [9.17, 15) is 24.3 Å². The molecule has 1 aromatic carbocycles. The third kappa shape index (κ3) is 7.58. The molecular weight excluding hydrogens is 438 g/mol. The van der Waals surface area contributed by atoms with Gasteiger partial charge >= 0.3 is 5.97 Å². The Balaban J connectivity index is 2.14. The fourth-order valence-corrected chi connectivity index (χ4v) is 3.66. The number of carboxylic acids is 1. The molecule has 1 aromatic heterocycles. The van der Waals surface area contributed by atoms with Gasteiger partial charge in [0.15, 0.2) is 0 Å². The second-order valence-electron chi connectivity index (χ2n) is 9.21. The number of rotatable bonds is 12. The molecule has 34 heavy (non-hydrogen) atoms. The number of hydrogen-bond donors (Lipinski definition) is 6. The standard InChI is InChI=1S/C24H35N5O5/c1-13(2)9-17(25)22(31)27-12-20(30)28-19(23(32)29-21(14(3)4)24(33)34)10-15-11-26-18-8-6-5-7-16(15)18/h5-8,11,13-14,17,19,21,26H,9-10,12,25H2,1-4H3,(H,27,31)(H,28,30)(H,29,32)(H,33,34). The van der Waals surface area contributed by atoms with Gasteiger partial charge < -0.3 is 31.8 Å². The maximum Gasteiger partial charge on any atom is 0.326 e. The third-order valence-corrected chi connectivity index (χ3v) is 5.47. The van der Waals surface area contributed by atoms with E-state index in [1.54, 1.807) is 20.0 Å². The van der Waals surface area contributed by atoms with E-state index in [2.05, 4.69) is 20.9 Å². The third-order valence-electron chi connectivity index (χ3n) is 5.47. The lowest BCUT2D eigenvalue weighted by atomic mass is 10.0. The van der Waals surface area contributed by atoms with Gasteiger partial charge in [0.05, 0.1) is 12.6 Å². The highest BCUT2D eigenvalue weighted by Crippen LogP contribution is 2.19. The largest absolute Gasteiger partial charge is 0.480 e. The van der Waals surface area contributed by atoms with Crippen molar-refractivity contribution < 1.29 is 24.3 Å². The minimum absolute atomic E-state index is 0.132. The summed E-state index contributed by atoms with van der Waals surface area (Å²) >= 11 is 0. The molecule has 186 valence electrons. The number of carbonyl (C=O) groups excluding carboxylic acids is 3. The normalized spacial score (nSPS) is 14.0. The van der Waals surface area contributed by atoms with Gasteiger partial charge in [-0.15, -0.1) is 0 Å². The van der Waals surface area contributed by atoms with Crippen molar-refractivity contribution in [2.45, 2.75) is 58.7 Å². The Morgan fingerprint density at radius 2 is 1.71 bits per heavy atom. The minimum atomic E-state index is -1.16. The Hall–Kier alpha value is -3.40. The summed E-state index contributed by atoms with van der Waals surface area (Å²) in [6, 6.07) is 4.63. The van der Waals surface area contributed by atoms with Crippen molar-refractivity contribution in [1.82, 2.24) is 20.9 Å². The van der Waals surface area contributed by atoms with Crippen LogP contribution >= 0.6 is 0 Å². The number of H-pyrrole nitrogens is 1. The number of aromatic amines is 1. The highest BCUT2D eigenvalue weighted by atomic mass is 16.4. The first-order valence-corrected chi connectivity index (χ1v) is 11.4. The molecule has 0 aliphatic rings. The first kappa shape index (κ1) is 26.8. The lowest BCUT2D eigenvalue weighted by molar-refractivity contribution is -0.143. The van der Waals surface area contributed by atoms with E-state index in [-0.39, 0.29) is 24.8 Å². The molecule has 3 unspecified atom stereocenters. The number of amides is 3. The molecule has 0 aliphatic carbocycles. The molecule has 3 amide bonds. The van der Waals surface area contributed by atoms with Crippen molar-refractivity contribution in [2.24, 2.45) is 17.6 Å². The quantitative estimate of drug-likeness (QED) is 0.268. The van der Waals surface area contributed by atoms with E-state index < -0.39 is 41.8 Å². The molecule has 0 spiro atoms.